The van der Waals surface area contributed by atoms with Crippen molar-refractivity contribution in [2.45, 2.75) is 19.9 Å². The second kappa shape index (κ2) is 5.63. The van der Waals surface area contributed by atoms with Crippen molar-refractivity contribution in [3.63, 3.8) is 0 Å². The monoisotopic (exact) mass is 300 g/mol. The Morgan fingerprint density at radius 3 is 2.73 bits per heavy atom. The summed E-state index contributed by atoms with van der Waals surface area (Å²) in [7, 11) is 0. The summed E-state index contributed by atoms with van der Waals surface area (Å²) in [6.07, 6.45) is 3.30. The highest BCUT2D eigenvalue weighted by Gasteiger charge is 2.14. The Balaban J connectivity index is 1.99. The van der Waals surface area contributed by atoms with Crippen LogP contribution in [0.3, 0.4) is 0 Å². The van der Waals surface area contributed by atoms with Gasteiger partial charge < -0.3 is 5.32 Å². The molecule has 0 spiro atoms. The summed E-state index contributed by atoms with van der Waals surface area (Å²) < 4.78 is 26.9. The Morgan fingerprint density at radius 1 is 1.14 bits per heavy atom. The van der Waals surface area contributed by atoms with E-state index < -0.39 is 11.6 Å². The molecule has 3 rings (SSSR count). The SMILES string of the molecule is Cc1nc(N[C@H](C)c2ccc(F)cc2F)c2ccncc2n1. The van der Waals surface area contributed by atoms with Gasteiger partial charge in [-0.1, -0.05) is 6.07 Å². The van der Waals surface area contributed by atoms with Crippen LogP contribution in [0.5, 0.6) is 0 Å². The summed E-state index contributed by atoms with van der Waals surface area (Å²) in [5.74, 6) is 0.00973. The predicted molar refractivity (Wildman–Crippen MR) is 80.5 cm³/mol. The third-order valence-corrected chi connectivity index (χ3v) is 3.39. The molecule has 0 unspecified atom stereocenters. The van der Waals surface area contributed by atoms with E-state index in [1.54, 1.807) is 32.3 Å². The normalized spacial score (nSPS) is 12.4. The molecule has 0 radical (unpaired) electrons. The van der Waals surface area contributed by atoms with Crippen LogP contribution in [0, 0.1) is 18.6 Å². The zero-order valence-electron chi connectivity index (χ0n) is 12.1. The second-order valence-corrected chi connectivity index (χ2v) is 5.04. The van der Waals surface area contributed by atoms with Gasteiger partial charge >= 0.3 is 0 Å². The Kier molecular flexibility index (Phi) is 3.66. The summed E-state index contributed by atoms with van der Waals surface area (Å²) in [6, 6.07) is 4.97. The minimum absolute atomic E-state index is 0.369. The number of hydrogen-bond acceptors (Lipinski definition) is 4. The number of nitrogens with zero attached hydrogens (tertiary/aromatic N) is 3. The van der Waals surface area contributed by atoms with Crippen molar-refractivity contribution < 1.29 is 8.78 Å². The maximum absolute atomic E-state index is 13.9. The molecule has 0 aliphatic carbocycles. The lowest BCUT2D eigenvalue weighted by Gasteiger charge is -2.17. The summed E-state index contributed by atoms with van der Waals surface area (Å²) >= 11 is 0. The van der Waals surface area contributed by atoms with Crippen molar-refractivity contribution in [3.8, 4) is 0 Å². The van der Waals surface area contributed by atoms with Crippen LogP contribution in [-0.2, 0) is 0 Å². The first-order chi connectivity index (χ1) is 10.5. The third-order valence-electron chi connectivity index (χ3n) is 3.39. The van der Waals surface area contributed by atoms with Gasteiger partial charge in [-0.05, 0) is 26.0 Å². The number of benzene rings is 1. The summed E-state index contributed by atoms with van der Waals surface area (Å²) in [5, 5.41) is 3.96. The number of halogens is 2. The first-order valence-corrected chi connectivity index (χ1v) is 6.84. The molecule has 112 valence electrons. The van der Waals surface area contributed by atoms with E-state index in [0.717, 1.165) is 11.5 Å². The fraction of sp³-hybridized carbons (Fsp3) is 0.188. The van der Waals surface area contributed by atoms with Crippen molar-refractivity contribution in [1.82, 2.24) is 15.0 Å². The molecule has 2 aromatic heterocycles. The number of pyridine rings is 1. The van der Waals surface area contributed by atoms with Gasteiger partial charge in [0.05, 0.1) is 17.8 Å². The average Bonchev–Trinajstić information content (AvgIpc) is 2.46. The molecule has 1 N–H and O–H groups in total. The molecule has 0 saturated carbocycles. The lowest BCUT2D eigenvalue weighted by atomic mass is 10.1. The van der Waals surface area contributed by atoms with Gasteiger partial charge in [0, 0.05) is 23.2 Å². The Bertz CT molecular complexity index is 835. The topological polar surface area (TPSA) is 50.7 Å². The first kappa shape index (κ1) is 14.3. The maximum Gasteiger partial charge on any atom is 0.138 e. The molecule has 1 aromatic carbocycles. The predicted octanol–water partition coefficient (Wildman–Crippen LogP) is 3.78. The van der Waals surface area contributed by atoms with Crippen molar-refractivity contribution in [3.05, 3.63) is 59.7 Å². The molecular formula is C16H14F2N4. The smallest absolute Gasteiger partial charge is 0.138 e. The largest absolute Gasteiger partial charge is 0.363 e. The quantitative estimate of drug-likeness (QED) is 0.799. The molecular weight excluding hydrogens is 286 g/mol. The zero-order valence-corrected chi connectivity index (χ0v) is 12.1. The molecule has 6 heteroatoms. The van der Waals surface area contributed by atoms with E-state index in [4.69, 9.17) is 0 Å². The number of aryl methyl sites for hydroxylation is 1. The van der Waals surface area contributed by atoms with Crippen molar-refractivity contribution in [2.24, 2.45) is 0 Å². The molecule has 0 saturated heterocycles. The Morgan fingerprint density at radius 2 is 1.95 bits per heavy atom. The fourth-order valence-electron chi connectivity index (χ4n) is 2.34. The highest BCUT2D eigenvalue weighted by atomic mass is 19.1. The van der Waals surface area contributed by atoms with Gasteiger partial charge in [-0.3, -0.25) is 4.98 Å². The molecule has 1 atom stereocenters. The van der Waals surface area contributed by atoms with E-state index in [9.17, 15) is 8.78 Å². The lowest BCUT2D eigenvalue weighted by molar-refractivity contribution is 0.566. The molecule has 0 fully saturated rings. The molecule has 2 heterocycles. The van der Waals surface area contributed by atoms with E-state index in [2.05, 4.69) is 20.3 Å². The standard InChI is InChI=1S/C16H14F2N4/c1-9(12-4-3-11(17)7-14(12)18)20-16-13-5-6-19-8-15(13)21-10(2)22-16/h3-9H,1-2H3,(H,20,21,22)/t9-/m1/s1. The Hall–Kier alpha value is -2.63. The number of fused-ring (bicyclic) bond motifs is 1. The molecule has 4 nitrogen and oxygen atoms in total. The summed E-state index contributed by atoms with van der Waals surface area (Å²) in [6.45, 7) is 3.57. The van der Waals surface area contributed by atoms with Crippen LogP contribution in [-0.4, -0.2) is 15.0 Å². The van der Waals surface area contributed by atoms with Crippen LogP contribution in [0.1, 0.15) is 24.4 Å². The second-order valence-electron chi connectivity index (χ2n) is 5.04. The van der Waals surface area contributed by atoms with E-state index in [0.29, 0.717) is 22.7 Å². The first-order valence-electron chi connectivity index (χ1n) is 6.84. The fourth-order valence-corrected chi connectivity index (χ4v) is 2.34. The van der Waals surface area contributed by atoms with Gasteiger partial charge in [0.15, 0.2) is 0 Å². The molecule has 0 aliphatic rings. The number of nitrogens with one attached hydrogen (secondary N) is 1. The van der Waals surface area contributed by atoms with Crippen molar-refractivity contribution >= 4 is 16.7 Å². The van der Waals surface area contributed by atoms with Crippen LogP contribution in [0.15, 0.2) is 36.7 Å². The minimum Gasteiger partial charge on any atom is -0.363 e. The zero-order chi connectivity index (χ0) is 15.7. The van der Waals surface area contributed by atoms with Gasteiger partial charge in [-0.15, -0.1) is 0 Å². The molecule has 22 heavy (non-hydrogen) atoms. The van der Waals surface area contributed by atoms with Crippen LogP contribution in [0.4, 0.5) is 14.6 Å². The number of hydrogen-bond donors (Lipinski definition) is 1. The van der Waals surface area contributed by atoms with Gasteiger partial charge in [-0.25, -0.2) is 18.7 Å². The molecule has 3 aromatic rings. The van der Waals surface area contributed by atoms with E-state index >= 15 is 0 Å². The summed E-state index contributed by atoms with van der Waals surface area (Å²) in [4.78, 5) is 12.7. The van der Waals surface area contributed by atoms with E-state index in [1.807, 2.05) is 0 Å². The Labute approximate surface area is 126 Å². The minimum atomic E-state index is -0.595. The molecule has 0 amide bonds. The van der Waals surface area contributed by atoms with Crippen LogP contribution < -0.4 is 5.32 Å². The third kappa shape index (κ3) is 2.72. The van der Waals surface area contributed by atoms with Crippen LogP contribution >= 0.6 is 0 Å². The van der Waals surface area contributed by atoms with Crippen LogP contribution in [0.2, 0.25) is 0 Å². The summed E-state index contributed by atoms with van der Waals surface area (Å²) in [5.41, 5.74) is 1.09. The lowest BCUT2D eigenvalue weighted by Crippen LogP contribution is -2.11. The van der Waals surface area contributed by atoms with Crippen molar-refractivity contribution in [1.29, 1.82) is 0 Å². The van der Waals surface area contributed by atoms with Gasteiger partial charge in [0.25, 0.3) is 0 Å². The average molecular weight is 300 g/mol. The number of anilines is 1. The number of rotatable bonds is 3. The van der Waals surface area contributed by atoms with Gasteiger partial charge in [0.1, 0.15) is 23.3 Å². The molecule has 0 bridgehead atoms. The van der Waals surface area contributed by atoms with Crippen molar-refractivity contribution in [2.75, 3.05) is 5.32 Å². The van der Waals surface area contributed by atoms with E-state index in [1.165, 1.54) is 12.1 Å². The molecule has 0 aliphatic heterocycles. The van der Waals surface area contributed by atoms with Gasteiger partial charge in [0.2, 0.25) is 0 Å². The van der Waals surface area contributed by atoms with Gasteiger partial charge in [-0.2, -0.15) is 0 Å². The van der Waals surface area contributed by atoms with Crippen LogP contribution in [0.25, 0.3) is 10.9 Å². The highest BCUT2D eigenvalue weighted by molar-refractivity contribution is 5.88. The maximum atomic E-state index is 13.9. The van der Waals surface area contributed by atoms with E-state index in [-0.39, 0.29) is 6.04 Å². The highest BCUT2D eigenvalue weighted by Crippen LogP contribution is 2.25. The number of aromatic nitrogens is 3.